The third kappa shape index (κ3) is 5.76. The molecule has 0 aliphatic carbocycles. The van der Waals surface area contributed by atoms with E-state index in [1.807, 2.05) is 31.2 Å². The van der Waals surface area contributed by atoms with E-state index in [0.717, 1.165) is 29.7 Å². The van der Waals surface area contributed by atoms with E-state index in [1.165, 1.54) is 0 Å². The molecule has 0 saturated carbocycles. The highest BCUT2D eigenvalue weighted by molar-refractivity contribution is 7.85. The van der Waals surface area contributed by atoms with Crippen molar-refractivity contribution in [1.82, 2.24) is 0 Å². The van der Waals surface area contributed by atoms with Gasteiger partial charge in [-0.15, -0.1) is 0 Å². The van der Waals surface area contributed by atoms with Gasteiger partial charge in [-0.25, -0.2) is 0 Å². The minimum atomic E-state index is -1.10. The van der Waals surface area contributed by atoms with Crippen molar-refractivity contribution >= 4 is 10.8 Å². The van der Waals surface area contributed by atoms with E-state index in [4.69, 9.17) is 5.73 Å². The molecule has 3 nitrogen and oxygen atoms in total. The van der Waals surface area contributed by atoms with Crippen molar-refractivity contribution in [3.05, 3.63) is 29.8 Å². The van der Waals surface area contributed by atoms with Crippen molar-refractivity contribution < 1.29 is 9.32 Å². The largest absolute Gasteiger partial charge is 0.392 e. The van der Waals surface area contributed by atoms with Gasteiger partial charge in [-0.3, -0.25) is 4.21 Å². The van der Waals surface area contributed by atoms with E-state index < -0.39 is 16.9 Å². The molecule has 0 amide bonds. The monoisotopic (exact) mass is 269 g/mol. The van der Waals surface area contributed by atoms with Crippen LogP contribution in [0.4, 0.5) is 0 Å². The highest BCUT2D eigenvalue weighted by atomic mass is 32.2. The lowest BCUT2D eigenvalue weighted by atomic mass is 10.1. The molecular weight excluding hydrogens is 246 g/mol. The molecule has 0 heterocycles. The number of benzene rings is 1. The van der Waals surface area contributed by atoms with Crippen LogP contribution in [0.3, 0.4) is 0 Å². The Morgan fingerprint density at radius 2 is 1.89 bits per heavy atom. The molecule has 4 heteroatoms. The minimum absolute atomic E-state index is 0.325. The third-order valence-corrected chi connectivity index (χ3v) is 4.35. The van der Waals surface area contributed by atoms with Gasteiger partial charge in [0.15, 0.2) is 0 Å². The topological polar surface area (TPSA) is 63.3 Å². The lowest BCUT2D eigenvalue weighted by Gasteiger charge is -2.10. The molecule has 0 aromatic heterocycles. The van der Waals surface area contributed by atoms with Gasteiger partial charge in [-0.1, -0.05) is 30.5 Å². The predicted molar refractivity (Wildman–Crippen MR) is 76.0 cm³/mol. The zero-order valence-electron chi connectivity index (χ0n) is 11.0. The van der Waals surface area contributed by atoms with E-state index in [0.29, 0.717) is 18.7 Å². The fourth-order valence-electron chi connectivity index (χ4n) is 1.75. The number of aliphatic hydroxyl groups is 1. The highest BCUT2D eigenvalue weighted by Gasteiger charge is 2.10. The fourth-order valence-corrected chi connectivity index (χ4v) is 2.89. The molecule has 0 spiro atoms. The summed E-state index contributed by atoms with van der Waals surface area (Å²) in [6, 6.07) is 7.63. The lowest BCUT2D eigenvalue weighted by molar-refractivity contribution is 0.184. The van der Waals surface area contributed by atoms with Gasteiger partial charge in [0.05, 0.1) is 22.7 Å². The van der Waals surface area contributed by atoms with E-state index in [1.54, 1.807) is 0 Å². The molecule has 1 rings (SSSR count). The average Bonchev–Trinajstić information content (AvgIpc) is 2.35. The zero-order valence-corrected chi connectivity index (χ0v) is 11.8. The van der Waals surface area contributed by atoms with Crippen molar-refractivity contribution in [1.29, 1.82) is 0 Å². The number of nitrogens with two attached hydrogens (primary N) is 1. The van der Waals surface area contributed by atoms with Crippen LogP contribution in [-0.4, -0.2) is 27.7 Å². The van der Waals surface area contributed by atoms with Crippen LogP contribution in [0.2, 0.25) is 0 Å². The Bertz CT molecular complexity index is 365. The molecule has 18 heavy (non-hydrogen) atoms. The summed E-state index contributed by atoms with van der Waals surface area (Å²) in [6.45, 7) is 2.70. The summed E-state index contributed by atoms with van der Waals surface area (Å²) < 4.78 is 12.0. The lowest BCUT2D eigenvalue weighted by Crippen LogP contribution is -2.16. The summed E-state index contributed by atoms with van der Waals surface area (Å²) >= 11 is 0. The number of aliphatic hydroxyl groups excluding tert-OH is 1. The van der Waals surface area contributed by atoms with Crippen LogP contribution in [0.5, 0.6) is 0 Å². The van der Waals surface area contributed by atoms with Crippen LogP contribution in [0.1, 0.15) is 31.2 Å². The second-order valence-corrected chi connectivity index (χ2v) is 6.11. The number of hydrogen-bond donors (Lipinski definition) is 2. The zero-order chi connectivity index (χ0) is 13.4. The molecular formula is C14H23NO2S. The van der Waals surface area contributed by atoms with Crippen LogP contribution < -0.4 is 5.73 Å². The second kappa shape index (κ2) is 8.40. The molecule has 2 atom stereocenters. The van der Waals surface area contributed by atoms with Gasteiger partial charge in [0.2, 0.25) is 0 Å². The molecule has 0 radical (unpaired) electrons. The van der Waals surface area contributed by atoms with E-state index in [-0.39, 0.29) is 0 Å². The van der Waals surface area contributed by atoms with Crippen LogP contribution >= 0.6 is 0 Å². The number of unbranched alkanes of at least 4 members (excludes halogenated alkanes) is 2. The van der Waals surface area contributed by atoms with Crippen LogP contribution in [-0.2, 0) is 10.8 Å². The Kier molecular flexibility index (Phi) is 7.16. The third-order valence-electron chi connectivity index (χ3n) is 2.87. The molecule has 0 aliphatic heterocycles. The number of hydrogen-bond acceptors (Lipinski definition) is 3. The van der Waals surface area contributed by atoms with Crippen molar-refractivity contribution in [3.8, 4) is 0 Å². The summed E-state index contributed by atoms with van der Waals surface area (Å²) in [4.78, 5) is 0.793. The quantitative estimate of drug-likeness (QED) is 0.709. The molecule has 3 N–H and O–H groups in total. The second-order valence-electron chi connectivity index (χ2n) is 4.62. The van der Waals surface area contributed by atoms with E-state index in [2.05, 4.69) is 0 Å². The van der Waals surface area contributed by atoms with Gasteiger partial charge in [0.1, 0.15) is 0 Å². The first-order valence-corrected chi connectivity index (χ1v) is 7.78. The predicted octanol–water partition coefficient (Wildman–Crippen LogP) is 1.98. The maximum Gasteiger partial charge on any atom is 0.0659 e. The Labute approximate surface area is 112 Å². The first-order chi connectivity index (χ1) is 8.63. The summed E-state index contributed by atoms with van der Waals surface area (Å²) in [5, 5.41) is 9.81. The number of rotatable bonds is 8. The summed E-state index contributed by atoms with van der Waals surface area (Å²) in [5.41, 5.74) is 6.55. The van der Waals surface area contributed by atoms with E-state index >= 15 is 0 Å². The maximum atomic E-state index is 12.0. The molecule has 0 fully saturated rings. The van der Waals surface area contributed by atoms with Gasteiger partial charge in [0, 0.05) is 4.90 Å². The van der Waals surface area contributed by atoms with Crippen molar-refractivity contribution in [2.45, 2.75) is 43.6 Å². The van der Waals surface area contributed by atoms with Crippen molar-refractivity contribution in [2.24, 2.45) is 5.73 Å². The first-order valence-electron chi connectivity index (χ1n) is 6.46. The fraction of sp³-hybridized carbons (Fsp3) is 0.571. The molecule has 0 saturated heterocycles. The molecule has 0 aliphatic rings. The van der Waals surface area contributed by atoms with Gasteiger partial charge in [0.25, 0.3) is 0 Å². The Morgan fingerprint density at radius 3 is 2.50 bits per heavy atom. The van der Waals surface area contributed by atoms with Crippen LogP contribution in [0, 0.1) is 6.92 Å². The van der Waals surface area contributed by atoms with Crippen LogP contribution in [0.15, 0.2) is 29.2 Å². The Balaban J connectivity index is 2.33. The minimum Gasteiger partial charge on any atom is -0.392 e. The summed E-state index contributed by atoms with van der Waals surface area (Å²) in [6.07, 6.45) is 3.20. The summed E-state index contributed by atoms with van der Waals surface area (Å²) in [5.74, 6) is 0.325. The Morgan fingerprint density at radius 1 is 1.22 bits per heavy atom. The van der Waals surface area contributed by atoms with Gasteiger partial charge >= 0.3 is 0 Å². The normalized spacial score (nSPS) is 14.4. The van der Waals surface area contributed by atoms with E-state index in [9.17, 15) is 9.32 Å². The number of aryl methyl sites for hydroxylation is 1. The van der Waals surface area contributed by atoms with Gasteiger partial charge in [-0.05, 0) is 38.4 Å². The van der Waals surface area contributed by atoms with Crippen molar-refractivity contribution in [3.63, 3.8) is 0 Å². The molecule has 2 unspecified atom stereocenters. The highest BCUT2D eigenvalue weighted by Crippen LogP contribution is 2.11. The first kappa shape index (κ1) is 15.3. The molecule has 0 bridgehead atoms. The summed E-state index contributed by atoms with van der Waals surface area (Å²) in [7, 11) is -1.10. The van der Waals surface area contributed by atoms with Crippen molar-refractivity contribution in [2.75, 3.05) is 12.3 Å². The molecule has 1 aromatic rings. The smallest absolute Gasteiger partial charge is 0.0659 e. The SMILES string of the molecule is Cc1ccc(S(=O)CC(O)CCCCCN)cc1. The van der Waals surface area contributed by atoms with Gasteiger partial charge < -0.3 is 10.8 Å². The van der Waals surface area contributed by atoms with Crippen LogP contribution in [0.25, 0.3) is 0 Å². The van der Waals surface area contributed by atoms with Gasteiger partial charge in [-0.2, -0.15) is 0 Å². The standard InChI is InChI=1S/C14H23NO2S/c1-12-6-8-14(9-7-12)18(17)11-13(16)5-3-2-4-10-15/h6-9,13,16H,2-5,10-11,15H2,1H3. The Hall–Kier alpha value is -0.710. The average molecular weight is 269 g/mol. The maximum absolute atomic E-state index is 12.0. The molecule has 1 aromatic carbocycles. The molecule has 102 valence electrons.